The molecule has 10 heteroatoms. The quantitative estimate of drug-likeness (QED) is 0.858. The Balaban J connectivity index is 2.55. The highest BCUT2D eigenvalue weighted by atomic mass is 19.4. The van der Waals surface area contributed by atoms with Crippen molar-refractivity contribution in [3.8, 4) is 11.1 Å². The topological polar surface area (TPSA) is 50.7 Å². The minimum atomic E-state index is -4.76. The van der Waals surface area contributed by atoms with Gasteiger partial charge >= 0.3 is 12.4 Å². The molecule has 0 atom stereocenters. The van der Waals surface area contributed by atoms with Crippen molar-refractivity contribution >= 4 is 5.82 Å². The number of rotatable bonds is 2. The van der Waals surface area contributed by atoms with E-state index in [4.69, 9.17) is 0 Å². The number of hydrogen-bond acceptors (Lipinski definition) is 4. The van der Waals surface area contributed by atoms with Gasteiger partial charge in [0, 0.05) is 36.8 Å². The minimum Gasteiger partial charge on any atom is -0.373 e. The van der Waals surface area contributed by atoms with Crippen molar-refractivity contribution in [2.45, 2.75) is 12.4 Å². The molecule has 0 aliphatic rings. The number of nitrogens with one attached hydrogen (secondary N) is 1. The van der Waals surface area contributed by atoms with Crippen molar-refractivity contribution in [3.05, 3.63) is 36.0 Å². The average molecular weight is 322 g/mol. The van der Waals surface area contributed by atoms with Crippen LogP contribution in [0.1, 0.15) is 11.4 Å². The fourth-order valence-corrected chi connectivity index (χ4v) is 1.67. The molecule has 2 aromatic heterocycles. The summed E-state index contributed by atoms with van der Waals surface area (Å²) in [5, 5.41) is 2.55. The third-order valence-corrected chi connectivity index (χ3v) is 2.68. The predicted octanol–water partition coefficient (Wildman–Crippen LogP) is 3.62. The summed E-state index contributed by atoms with van der Waals surface area (Å²) < 4.78 is 76.0. The Labute approximate surface area is 120 Å². The molecule has 0 fully saturated rings. The Kier molecular flexibility index (Phi) is 3.94. The third kappa shape index (κ3) is 3.26. The van der Waals surface area contributed by atoms with E-state index in [2.05, 4.69) is 20.3 Å². The Hall–Kier alpha value is -2.39. The molecular weight excluding hydrogens is 314 g/mol. The van der Waals surface area contributed by atoms with Crippen LogP contribution in [-0.4, -0.2) is 22.0 Å². The molecule has 2 aromatic rings. The minimum absolute atomic E-state index is 0.128. The maximum Gasteiger partial charge on any atom is 0.451 e. The van der Waals surface area contributed by atoms with Gasteiger partial charge in [-0.25, -0.2) is 15.0 Å². The van der Waals surface area contributed by atoms with Crippen molar-refractivity contribution in [2.24, 2.45) is 0 Å². The molecule has 0 radical (unpaired) electrons. The Morgan fingerprint density at radius 2 is 1.45 bits per heavy atom. The summed E-state index contributed by atoms with van der Waals surface area (Å²) in [5.74, 6) is -1.30. The Morgan fingerprint density at radius 1 is 0.864 bits per heavy atom. The van der Waals surface area contributed by atoms with Crippen LogP contribution in [0.3, 0.4) is 0 Å². The summed E-state index contributed by atoms with van der Waals surface area (Å²) in [6.45, 7) is 0. The number of hydrogen-bond donors (Lipinski definition) is 1. The second-order valence-corrected chi connectivity index (χ2v) is 4.16. The monoisotopic (exact) mass is 322 g/mol. The van der Waals surface area contributed by atoms with Gasteiger partial charge in [0.1, 0.15) is 5.82 Å². The van der Waals surface area contributed by atoms with Crippen LogP contribution >= 0.6 is 0 Å². The first-order valence-corrected chi connectivity index (χ1v) is 5.77. The number of alkyl halides is 6. The van der Waals surface area contributed by atoms with Gasteiger partial charge in [0.25, 0.3) is 0 Å². The van der Waals surface area contributed by atoms with E-state index >= 15 is 0 Å². The largest absolute Gasteiger partial charge is 0.451 e. The lowest BCUT2D eigenvalue weighted by molar-refractivity contribution is -0.145. The van der Waals surface area contributed by atoms with Crippen LogP contribution in [0, 0.1) is 0 Å². The second kappa shape index (κ2) is 5.43. The SMILES string of the molecule is CNc1cc(-c2cnc(C(F)(F)F)nc2)c(C(F)(F)F)cn1. The predicted molar refractivity (Wildman–Crippen MR) is 64.8 cm³/mol. The van der Waals surface area contributed by atoms with E-state index in [0.29, 0.717) is 18.6 Å². The smallest absolute Gasteiger partial charge is 0.373 e. The van der Waals surface area contributed by atoms with E-state index in [0.717, 1.165) is 6.07 Å². The van der Waals surface area contributed by atoms with Crippen LogP contribution < -0.4 is 5.32 Å². The lowest BCUT2D eigenvalue weighted by atomic mass is 10.0. The number of pyridine rings is 1. The van der Waals surface area contributed by atoms with Gasteiger partial charge in [-0.1, -0.05) is 0 Å². The standard InChI is InChI=1S/C12H8F6N4/c1-19-9-2-7(8(5-20-9)11(13,14)15)6-3-21-10(22-4-6)12(16,17)18/h2-5H,1H3,(H,19,20). The highest BCUT2D eigenvalue weighted by Gasteiger charge is 2.36. The normalized spacial score (nSPS) is 12.3. The summed E-state index contributed by atoms with van der Waals surface area (Å²) in [4.78, 5) is 9.68. The highest BCUT2D eigenvalue weighted by Crippen LogP contribution is 2.37. The Bertz CT molecular complexity index is 663. The molecule has 22 heavy (non-hydrogen) atoms. The molecule has 118 valence electrons. The van der Waals surface area contributed by atoms with Crippen LogP contribution in [0.2, 0.25) is 0 Å². The van der Waals surface area contributed by atoms with Gasteiger partial charge in [0.2, 0.25) is 5.82 Å². The first-order chi connectivity index (χ1) is 10.1. The van der Waals surface area contributed by atoms with E-state index in [1.165, 1.54) is 7.05 Å². The number of halogens is 6. The van der Waals surface area contributed by atoms with Gasteiger partial charge in [0.05, 0.1) is 5.56 Å². The summed E-state index contributed by atoms with van der Waals surface area (Å²) in [6, 6.07) is 1.06. The first kappa shape index (κ1) is 16.0. The number of anilines is 1. The first-order valence-electron chi connectivity index (χ1n) is 5.77. The van der Waals surface area contributed by atoms with Crippen molar-refractivity contribution in [1.29, 1.82) is 0 Å². The van der Waals surface area contributed by atoms with Crippen molar-refractivity contribution in [3.63, 3.8) is 0 Å². The van der Waals surface area contributed by atoms with Crippen LogP contribution in [0.4, 0.5) is 32.2 Å². The maximum absolute atomic E-state index is 13.0. The maximum atomic E-state index is 13.0. The molecule has 0 spiro atoms. The molecule has 4 nitrogen and oxygen atoms in total. The molecule has 0 saturated carbocycles. The van der Waals surface area contributed by atoms with Crippen molar-refractivity contribution in [1.82, 2.24) is 15.0 Å². The number of nitrogens with zero attached hydrogens (tertiary/aromatic N) is 3. The zero-order valence-electron chi connectivity index (χ0n) is 10.9. The van der Waals surface area contributed by atoms with E-state index in [1.54, 1.807) is 0 Å². The highest BCUT2D eigenvalue weighted by molar-refractivity contribution is 5.69. The van der Waals surface area contributed by atoms with Gasteiger partial charge in [-0.3, -0.25) is 0 Å². The molecule has 2 rings (SSSR count). The summed E-state index contributed by atoms with van der Waals surface area (Å²) in [6.07, 6.45) is -7.49. The number of aromatic nitrogens is 3. The molecule has 0 bridgehead atoms. The summed E-state index contributed by atoms with van der Waals surface area (Å²) in [7, 11) is 1.45. The van der Waals surface area contributed by atoms with Crippen LogP contribution in [0.15, 0.2) is 24.7 Å². The van der Waals surface area contributed by atoms with Crippen LogP contribution in [0.5, 0.6) is 0 Å². The Morgan fingerprint density at radius 3 is 1.91 bits per heavy atom. The molecule has 0 saturated heterocycles. The molecule has 0 unspecified atom stereocenters. The van der Waals surface area contributed by atoms with Gasteiger partial charge in [0.15, 0.2) is 0 Å². The van der Waals surface area contributed by atoms with E-state index < -0.39 is 23.7 Å². The van der Waals surface area contributed by atoms with Gasteiger partial charge < -0.3 is 5.32 Å². The van der Waals surface area contributed by atoms with Crippen molar-refractivity contribution in [2.75, 3.05) is 12.4 Å². The molecule has 0 aromatic carbocycles. The fraction of sp³-hybridized carbons (Fsp3) is 0.250. The average Bonchev–Trinajstić information content (AvgIpc) is 2.45. The van der Waals surface area contributed by atoms with Gasteiger partial charge in [-0.2, -0.15) is 26.3 Å². The molecule has 0 aliphatic heterocycles. The summed E-state index contributed by atoms with van der Waals surface area (Å²) >= 11 is 0. The zero-order chi connectivity index (χ0) is 16.5. The van der Waals surface area contributed by atoms with Crippen molar-refractivity contribution < 1.29 is 26.3 Å². The van der Waals surface area contributed by atoms with E-state index in [-0.39, 0.29) is 16.9 Å². The summed E-state index contributed by atoms with van der Waals surface area (Å²) in [5.41, 5.74) is -1.64. The molecule has 2 heterocycles. The molecule has 1 N–H and O–H groups in total. The van der Waals surface area contributed by atoms with Gasteiger partial charge in [-0.05, 0) is 6.07 Å². The third-order valence-electron chi connectivity index (χ3n) is 2.68. The van der Waals surface area contributed by atoms with Crippen LogP contribution in [-0.2, 0) is 12.4 Å². The molecule has 0 aliphatic carbocycles. The van der Waals surface area contributed by atoms with E-state index in [9.17, 15) is 26.3 Å². The van der Waals surface area contributed by atoms with E-state index in [1.807, 2.05) is 0 Å². The van der Waals surface area contributed by atoms with Gasteiger partial charge in [-0.15, -0.1) is 0 Å². The second-order valence-electron chi connectivity index (χ2n) is 4.16. The molecular formula is C12H8F6N4. The fourth-order valence-electron chi connectivity index (χ4n) is 1.67. The molecule has 0 amide bonds. The lowest BCUT2D eigenvalue weighted by Gasteiger charge is -2.14. The lowest BCUT2D eigenvalue weighted by Crippen LogP contribution is -2.12. The van der Waals surface area contributed by atoms with Crippen LogP contribution in [0.25, 0.3) is 11.1 Å². The zero-order valence-corrected chi connectivity index (χ0v) is 10.9.